The lowest BCUT2D eigenvalue weighted by atomic mass is 10.0. The van der Waals surface area contributed by atoms with Gasteiger partial charge in [-0.05, 0) is 55.7 Å². The average Bonchev–Trinajstić information content (AvgIpc) is 3.31. The molecule has 1 fully saturated rings. The zero-order chi connectivity index (χ0) is 19.7. The van der Waals surface area contributed by atoms with E-state index in [0.29, 0.717) is 25.3 Å². The molecule has 7 heteroatoms. The van der Waals surface area contributed by atoms with Crippen LogP contribution in [0.2, 0.25) is 0 Å². The fourth-order valence-corrected chi connectivity index (χ4v) is 4.17. The number of fused-ring (bicyclic) bond motifs is 1. The Labute approximate surface area is 171 Å². The van der Waals surface area contributed by atoms with Gasteiger partial charge in [0.25, 0.3) is 5.91 Å². The number of aryl methyl sites for hydroxylation is 1. The molecule has 1 aliphatic heterocycles. The minimum Gasteiger partial charge on any atom is -0.459 e. The van der Waals surface area contributed by atoms with Crippen LogP contribution < -0.4 is 5.32 Å². The highest BCUT2D eigenvalue weighted by molar-refractivity contribution is 9.10. The Hall–Kier alpha value is -2.54. The molecule has 1 aromatic carbocycles. The first kappa shape index (κ1) is 18.8. The molecule has 2 N–H and O–H groups in total. The number of carbonyl (C=O) groups is 2. The molecule has 3 heterocycles. The maximum Gasteiger partial charge on any atom is 0.289 e. The third-order valence-corrected chi connectivity index (χ3v) is 5.79. The number of nitrogens with zero attached hydrogens (tertiary/aromatic N) is 1. The lowest BCUT2D eigenvalue weighted by Gasteiger charge is -2.31. The molecule has 2 aromatic heterocycles. The van der Waals surface area contributed by atoms with Crippen LogP contribution in [0.1, 0.15) is 34.7 Å². The second-order valence-electron chi connectivity index (χ2n) is 7.21. The number of benzene rings is 1. The van der Waals surface area contributed by atoms with Crippen LogP contribution in [0.4, 0.5) is 0 Å². The first-order chi connectivity index (χ1) is 13.5. The number of likely N-dealkylation sites (tertiary alicyclic amines) is 1. The molecule has 0 bridgehead atoms. The normalized spacial score (nSPS) is 15.1. The number of piperidine rings is 1. The Balaban J connectivity index is 1.35. The molecule has 146 valence electrons. The summed E-state index contributed by atoms with van der Waals surface area (Å²) in [5, 5.41) is 4.20. The topological polar surface area (TPSA) is 78.3 Å². The van der Waals surface area contributed by atoms with Gasteiger partial charge in [0.15, 0.2) is 5.76 Å². The number of rotatable bonds is 4. The van der Waals surface area contributed by atoms with Gasteiger partial charge < -0.3 is 19.6 Å². The number of carbonyl (C=O) groups excluding carboxylic acids is 2. The summed E-state index contributed by atoms with van der Waals surface area (Å²) in [6, 6.07) is 9.52. The van der Waals surface area contributed by atoms with Crippen molar-refractivity contribution in [2.24, 2.45) is 0 Å². The molecule has 0 saturated carbocycles. The summed E-state index contributed by atoms with van der Waals surface area (Å²) >= 11 is 3.50. The summed E-state index contributed by atoms with van der Waals surface area (Å²) in [6.45, 7) is 3.22. The summed E-state index contributed by atoms with van der Waals surface area (Å²) in [6.07, 6.45) is 3.34. The molecule has 4 rings (SSSR count). The number of amides is 2. The van der Waals surface area contributed by atoms with E-state index in [1.807, 2.05) is 25.1 Å². The van der Waals surface area contributed by atoms with Crippen molar-refractivity contribution < 1.29 is 14.0 Å². The quantitative estimate of drug-likeness (QED) is 0.643. The van der Waals surface area contributed by atoms with Gasteiger partial charge >= 0.3 is 0 Å². The molecule has 0 unspecified atom stereocenters. The minimum absolute atomic E-state index is 0.0137. The number of furan rings is 1. The summed E-state index contributed by atoms with van der Waals surface area (Å²) in [4.78, 5) is 30.1. The van der Waals surface area contributed by atoms with Gasteiger partial charge in [0.05, 0.1) is 12.7 Å². The smallest absolute Gasteiger partial charge is 0.289 e. The number of nitrogens with one attached hydrogen (secondary N) is 2. The zero-order valence-corrected chi connectivity index (χ0v) is 17.2. The SMILES string of the molecule is Cc1[nH]c2ccc(Br)cc2c1CC(=O)NC1CCN(C(=O)c2ccco2)CC1. The first-order valence-corrected chi connectivity index (χ1v) is 10.2. The average molecular weight is 444 g/mol. The molecule has 0 atom stereocenters. The maximum absolute atomic E-state index is 12.6. The summed E-state index contributed by atoms with van der Waals surface area (Å²) < 4.78 is 6.18. The van der Waals surface area contributed by atoms with Gasteiger partial charge in [0.1, 0.15) is 0 Å². The number of H-pyrrole nitrogens is 1. The Kier molecular flexibility index (Phi) is 5.26. The minimum atomic E-state index is -0.0882. The van der Waals surface area contributed by atoms with Crippen molar-refractivity contribution in [3.63, 3.8) is 0 Å². The van der Waals surface area contributed by atoms with E-state index in [1.165, 1.54) is 6.26 Å². The monoisotopic (exact) mass is 443 g/mol. The molecule has 6 nitrogen and oxygen atoms in total. The summed E-state index contributed by atoms with van der Waals surface area (Å²) in [7, 11) is 0. The fourth-order valence-electron chi connectivity index (χ4n) is 3.80. The lowest BCUT2D eigenvalue weighted by molar-refractivity contribution is -0.121. The van der Waals surface area contributed by atoms with Crippen LogP contribution in [0.25, 0.3) is 10.9 Å². The van der Waals surface area contributed by atoms with Crippen molar-refractivity contribution in [3.8, 4) is 0 Å². The largest absolute Gasteiger partial charge is 0.459 e. The second-order valence-corrected chi connectivity index (χ2v) is 8.12. The number of hydrogen-bond donors (Lipinski definition) is 2. The molecule has 3 aromatic rings. The van der Waals surface area contributed by atoms with Gasteiger partial charge in [-0.1, -0.05) is 15.9 Å². The van der Waals surface area contributed by atoms with Crippen molar-refractivity contribution in [2.45, 2.75) is 32.2 Å². The number of hydrogen-bond acceptors (Lipinski definition) is 3. The highest BCUT2D eigenvalue weighted by atomic mass is 79.9. The van der Waals surface area contributed by atoms with Gasteiger partial charge in [-0.2, -0.15) is 0 Å². The van der Waals surface area contributed by atoms with Crippen molar-refractivity contribution in [1.82, 2.24) is 15.2 Å². The van der Waals surface area contributed by atoms with Gasteiger partial charge in [-0.15, -0.1) is 0 Å². The van der Waals surface area contributed by atoms with Crippen molar-refractivity contribution in [1.29, 1.82) is 0 Å². The highest BCUT2D eigenvalue weighted by Crippen LogP contribution is 2.26. The Morgan fingerprint density at radius 3 is 2.79 bits per heavy atom. The van der Waals surface area contributed by atoms with E-state index in [0.717, 1.165) is 39.5 Å². The van der Waals surface area contributed by atoms with Crippen LogP contribution in [0, 0.1) is 6.92 Å². The Bertz CT molecular complexity index is 1000. The number of aromatic nitrogens is 1. The van der Waals surface area contributed by atoms with Crippen molar-refractivity contribution >= 4 is 38.6 Å². The van der Waals surface area contributed by atoms with E-state index >= 15 is 0 Å². The molecule has 0 radical (unpaired) electrons. The van der Waals surface area contributed by atoms with E-state index in [9.17, 15) is 9.59 Å². The molecule has 1 aliphatic rings. The van der Waals surface area contributed by atoms with Crippen LogP contribution in [0.3, 0.4) is 0 Å². The van der Waals surface area contributed by atoms with E-state index in [2.05, 4.69) is 26.2 Å². The zero-order valence-electron chi connectivity index (χ0n) is 15.6. The van der Waals surface area contributed by atoms with Gasteiger partial charge in [-0.3, -0.25) is 9.59 Å². The fraction of sp³-hybridized carbons (Fsp3) is 0.333. The molecule has 0 aliphatic carbocycles. The predicted octanol–water partition coefficient (Wildman–Crippen LogP) is 3.80. The molecule has 0 spiro atoms. The summed E-state index contributed by atoms with van der Waals surface area (Å²) in [5.74, 6) is 0.290. The van der Waals surface area contributed by atoms with Gasteiger partial charge in [-0.25, -0.2) is 0 Å². The predicted molar refractivity (Wildman–Crippen MR) is 110 cm³/mol. The van der Waals surface area contributed by atoms with Crippen molar-refractivity contribution in [2.75, 3.05) is 13.1 Å². The lowest BCUT2D eigenvalue weighted by Crippen LogP contribution is -2.46. The number of aromatic amines is 1. The van der Waals surface area contributed by atoms with E-state index < -0.39 is 0 Å². The third-order valence-electron chi connectivity index (χ3n) is 5.30. The van der Waals surface area contributed by atoms with Crippen molar-refractivity contribution in [3.05, 3.63) is 58.1 Å². The van der Waals surface area contributed by atoms with Crippen LogP contribution in [-0.4, -0.2) is 40.8 Å². The van der Waals surface area contributed by atoms with Gasteiger partial charge in [0, 0.05) is 40.2 Å². The molecule has 2 amide bonds. The Morgan fingerprint density at radius 1 is 1.29 bits per heavy atom. The maximum atomic E-state index is 12.6. The van der Waals surface area contributed by atoms with E-state index in [-0.39, 0.29) is 17.9 Å². The van der Waals surface area contributed by atoms with E-state index in [1.54, 1.807) is 17.0 Å². The van der Waals surface area contributed by atoms with Crippen LogP contribution in [0.5, 0.6) is 0 Å². The Morgan fingerprint density at radius 2 is 2.07 bits per heavy atom. The molecular formula is C21H22BrN3O3. The molecular weight excluding hydrogens is 422 g/mol. The van der Waals surface area contributed by atoms with Crippen LogP contribution in [-0.2, 0) is 11.2 Å². The van der Waals surface area contributed by atoms with E-state index in [4.69, 9.17) is 4.42 Å². The molecule has 28 heavy (non-hydrogen) atoms. The molecule has 1 saturated heterocycles. The standard InChI is InChI=1S/C21H22BrN3O3/c1-13-16(17-11-14(22)4-5-18(17)23-13)12-20(26)24-15-6-8-25(9-7-15)21(27)19-3-2-10-28-19/h2-5,10-11,15,23H,6-9,12H2,1H3,(H,24,26). The first-order valence-electron chi connectivity index (χ1n) is 9.40. The third kappa shape index (κ3) is 3.85. The van der Waals surface area contributed by atoms with Crippen LogP contribution in [0.15, 0.2) is 45.5 Å². The summed E-state index contributed by atoms with van der Waals surface area (Å²) in [5.41, 5.74) is 3.08. The van der Waals surface area contributed by atoms with Gasteiger partial charge in [0.2, 0.25) is 5.91 Å². The highest BCUT2D eigenvalue weighted by Gasteiger charge is 2.26. The number of halogens is 1. The second kappa shape index (κ2) is 7.83. The van der Waals surface area contributed by atoms with Crippen LogP contribution >= 0.6 is 15.9 Å².